The van der Waals surface area contributed by atoms with Gasteiger partial charge in [-0.05, 0) is 46.1 Å². The molecule has 0 spiro atoms. The van der Waals surface area contributed by atoms with E-state index >= 15 is 0 Å². The molecule has 0 saturated heterocycles. The summed E-state index contributed by atoms with van der Waals surface area (Å²) in [7, 11) is 2.03. The summed E-state index contributed by atoms with van der Waals surface area (Å²) in [6, 6.07) is 0.641. The van der Waals surface area contributed by atoms with Crippen LogP contribution in [-0.2, 0) is 4.74 Å². The van der Waals surface area contributed by atoms with Crippen molar-refractivity contribution in [2.75, 3.05) is 20.3 Å². The molecule has 2 nitrogen and oxygen atoms in total. The summed E-state index contributed by atoms with van der Waals surface area (Å²) in [5.41, 5.74) is 0. The molecule has 0 radical (unpaired) electrons. The van der Waals surface area contributed by atoms with Crippen molar-refractivity contribution in [3.05, 3.63) is 0 Å². The van der Waals surface area contributed by atoms with Crippen molar-refractivity contribution >= 4 is 0 Å². The lowest BCUT2D eigenvalue weighted by Crippen LogP contribution is -2.23. The zero-order chi connectivity index (χ0) is 10.1. The summed E-state index contributed by atoms with van der Waals surface area (Å²) < 4.78 is 5.30. The van der Waals surface area contributed by atoms with Crippen LogP contribution in [0, 0.1) is 5.92 Å². The van der Waals surface area contributed by atoms with E-state index in [0.717, 1.165) is 19.1 Å². The fourth-order valence-electron chi connectivity index (χ4n) is 1.52. The lowest BCUT2D eigenvalue weighted by atomic mass is 9.98. The Kier molecular flexibility index (Phi) is 8.46. The van der Waals surface area contributed by atoms with Crippen molar-refractivity contribution in [2.45, 2.75) is 46.1 Å². The van der Waals surface area contributed by atoms with Crippen LogP contribution in [0.3, 0.4) is 0 Å². The van der Waals surface area contributed by atoms with Gasteiger partial charge in [0.25, 0.3) is 0 Å². The van der Waals surface area contributed by atoms with Gasteiger partial charge in [0.15, 0.2) is 0 Å². The van der Waals surface area contributed by atoms with Crippen LogP contribution in [-0.4, -0.2) is 26.3 Å². The molecule has 0 heterocycles. The highest BCUT2D eigenvalue weighted by molar-refractivity contribution is 4.62. The highest BCUT2D eigenvalue weighted by Gasteiger charge is 2.06. The third kappa shape index (κ3) is 8.26. The number of rotatable bonds is 8. The van der Waals surface area contributed by atoms with Gasteiger partial charge in [-0.3, -0.25) is 0 Å². The molecule has 0 amide bonds. The molecule has 0 bridgehead atoms. The molecule has 0 aromatic rings. The van der Waals surface area contributed by atoms with E-state index in [1.54, 1.807) is 0 Å². The summed E-state index contributed by atoms with van der Waals surface area (Å²) >= 11 is 0. The Labute approximate surface area is 83.1 Å². The molecule has 0 saturated carbocycles. The monoisotopic (exact) mass is 187 g/mol. The van der Waals surface area contributed by atoms with Gasteiger partial charge in [0.05, 0.1) is 0 Å². The van der Waals surface area contributed by atoms with Crippen molar-refractivity contribution in [3.63, 3.8) is 0 Å². The Morgan fingerprint density at radius 1 is 1.31 bits per heavy atom. The Balaban J connectivity index is 3.24. The summed E-state index contributed by atoms with van der Waals surface area (Å²) in [6.07, 6.45) is 3.75. The normalized spacial score (nSPS) is 15.7. The van der Waals surface area contributed by atoms with Crippen LogP contribution in [0.4, 0.5) is 0 Å². The molecule has 0 aromatic heterocycles. The molecular formula is C11H25NO. The van der Waals surface area contributed by atoms with Crippen LogP contribution in [0.5, 0.6) is 0 Å². The molecule has 2 atom stereocenters. The largest absolute Gasteiger partial charge is 0.382 e. The lowest BCUT2D eigenvalue weighted by molar-refractivity contribution is 0.139. The van der Waals surface area contributed by atoms with Crippen molar-refractivity contribution in [1.29, 1.82) is 0 Å². The lowest BCUT2D eigenvalue weighted by Gasteiger charge is -2.16. The third-order valence-electron chi connectivity index (χ3n) is 2.44. The second-order valence-corrected chi connectivity index (χ2v) is 3.87. The zero-order valence-electron chi connectivity index (χ0n) is 9.60. The van der Waals surface area contributed by atoms with Gasteiger partial charge >= 0.3 is 0 Å². The molecule has 0 fully saturated rings. The number of hydrogen-bond donors (Lipinski definition) is 1. The second-order valence-electron chi connectivity index (χ2n) is 3.87. The van der Waals surface area contributed by atoms with E-state index in [2.05, 4.69) is 19.2 Å². The van der Waals surface area contributed by atoms with Gasteiger partial charge < -0.3 is 10.1 Å². The maximum absolute atomic E-state index is 5.30. The van der Waals surface area contributed by atoms with Gasteiger partial charge in [-0.1, -0.05) is 6.92 Å². The maximum atomic E-state index is 5.30. The molecule has 2 unspecified atom stereocenters. The number of hydrogen-bond acceptors (Lipinski definition) is 2. The number of nitrogens with one attached hydrogen (secondary N) is 1. The van der Waals surface area contributed by atoms with E-state index in [0.29, 0.717) is 6.04 Å². The maximum Gasteiger partial charge on any atom is 0.0465 e. The molecule has 0 aromatic carbocycles. The summed E-state index contributed by atoms with van der Waals surface area (Å²) in [6.45, 7) is 8.38. The highest BCUT2D eigenvalue weighted by Crippen LogP contribution is 2.12. The average molecular weight is 187 g/mol. The van der Waals surface area contributed by atoms with E-state index in [-0.39, 0.29) is 0 Å². The minimum Gasteiger partial charge on any atom is -0.382 e. The van der Waals surface area contributed by atoms with Gasteiger partial charge in [0.1, 0.15) is 0 Å². The first kappa shape index (κ1) is 12.9. The van der Waals surface area contributed by atoms with Crippen molar-refractivity contribution in [1.82, 2.24) is 5.32 Å². The average Bonchev–Trinajstić information content (AvgIpc) is 2.12. The van der Waals surface area contributed by atoms with Gasteiger partial charge in [-0.25, -0.2) is 0 Å². The summed E-state index contributed by atoms with van der Waals surface area (Å²) in [4.78, 5) is 0. The van der Waals surface area contributed by atoms with E-state index in [1.165, 1.54) is 19.3 Å². The first-order valence-electron chi connectivity index (χ1n) is 5.45. The minimum absolute atomic E-state index is 0.641. The van der Waals surface area contributed by atoms with Crippen molar-refractivity contribution in [2.24, 2.45) is 5.92 Å². The SMILES string of the molecule is CCOCCCC(C)CC(C)NC. The molecular weight excluding hydrogens is 162 g/mol. The second kappa shape index (κ2) is 8.52. The molecule has 0 aliphatic rings. The summed E-state index contributed by atoms with van der Waals surface area (Å²) in [5.74, 6) is 0.808. The first-order valence-corrected chi connectivity index (χ1v) is 5.45. The molecule has 0 rings (SSSR count). The fraction of sp³-hybridized carbons (Fsp3) is 1.00. The van der Waals surface area contributed by atoms with E-state index in [1.807, 2.05) is 14.0 Å². The van der Waals surface area contributed by atoms with E-state index in [4.69, 9.17) is 4.74 Å². The van der Waals surface area contributed by atoms with Crippen LogP contribution in [0.1, 0.15) is 40.0 Å². The highest BCUT2D eigenvalue weighted by atomic mass is 16.5. The predicted octanol–water partition coefficient (Wildman–Crippen LogP) is 2.44. The molecule has 0 aliphatic carbocycles. The van der Waals surface area contributed by atoms with Crippen LogP contribution >= 0.6 is 0 Å². The smallest absolute Gasteiger partial charge is 0.0465 e. The number of ether oxygens (including phenoxy) is 1. The van der Waals surface area contributed by atoms with Gasteiger partial charge in [-0.15, -0.1) is 0 Å². The Morgan fingerprint density at radius 3 is 2.54 bits per heavy atom. The van der Waals surface area contributed by atoms with Gasteiger partial charge in [0, 0.05) is 19.3 Å². The van der Waals surface area contributed by atoms with Crippen LogP contribution < -0.4 is 5.32 Å². The molecule has 80 valence electrons. The Hall–Kier alpha value is -0.0800. The minimum atomic E-state index is 0.641. The van der Waals surface area contributed by atoms with Crippen molar-refractivity contribution in [3.8, 4) is 0 Å². The van der Waals surface area contributed by atoms with Crippen LogP contribution in [0.15, 0.2) is 0 Å². The fourth-order valence-corrected chi connectivity index (χ4v) is 1.52. The van der Waals surface area contributed by atoms with Gasteiger partial charge in [-0.2, -0.15) is 0 Å². The Bertz CT molecular complexity index is 106. The first-order chi connectivity index (χ1) is 6.20. The molecule has 2 heteroatoms. The van der Waals surface area contributed by atoms with Gasteiger partial charge in [0.2, 0.25) is 0 Å². The zero-order valence-corrected chi connectivity index (χ0v) is 9.60. The predicted molar refractivity (Wildman–Crippen MR) is 58.0 cm³/mol. The quantitative estimate of drug-likeness (QED) is 0.589. The molecule has 0 aliphatic heterocycles. The molecule has 1 N–H and O–H groups in total. The van der Waals surface area contributed by atoms with Crippen molar-refractivity contribution < 1.29 is 4.74 Å². The van der Waals surface area contributed by atoms with Crippen LogP contribution in [0.25, 0.3) is 0 Å². The van der Waals surface area contributed by atoms with E-state index in [9.17, 15) is 0 Å². The third-order valence-corrected chi connectivity index (χ3v) is 2.44. The van der Waals surface area contributed by atoms with Crippen LogP contribution in [0.2, 0.25) is 0 Å². The standard InChI is InChI=1S/C11H25NO/c1-5-13-8-6-7-10(2)9-11(3)12-4/h10-12H,5-9H2,1-4H3. The summed E-state index contributed by atoms with van der Waals surface area (Å²) in [5, 5.41) is 3.27. The van der Waals surface area contributed by atoms with E-state index < -0.39 is 0 Å². The molecule has 13 heavy (non-hydrogen) atoms. The topological polar surface area (TPSA) is 21.3 Å². The Morgan fingerprint density at radius 2 is 2.00 bits per heavy atom.